The fourth-order valence-electron chi connectivity index (χ4n) is 0.625. The first-order valence-corrected chi connectivity index (χ1v) is 4.14. The summed E-state index contributed by atoms with van der Waals surface area (Å²) in [5.74, 6) is 0.764. The van der Waals surface area contributed by atoms with Crippen LogP contribution in [-0.4, -0.2) is 13.2 Å². The van der Waals surface area contributed by atoms with Gasteiger partial charge in [-0.1, -0.05) is 27.2 Å². The summed E-state index contributed by atoms with van der Waals surface area (Å²) in [7, 11) is 0. The maximum absolute atomic E-state index is 5.34. The van der Waals surface area contributed by atoms with E-state index in [-0.39, 0.29) is 0 Å². The number of unbranched alkanes of at least 4 members (excludes halogenated alkanes) is 1. The summed E-state index contributed by atoms with van der Waals surface area (Å²) in [5.41, 5.74) is 0. The van der Waals surface area contributed by atoms with Gasteiger partial charge in [-0.15, -0.1) is 0 Å². The first-order chi connectivity index (χ1) is 4.77. The van der Waals surface area contributed by atoms with E-state index < -0.39 is 0 Å². The third-order valence-corrected chi connectivity index (χ3v) is 1.38. The minimum atomic E-state index is 0.764. The number of hydrogen-bond donors (Lipinski definition) is 0. The average Bonchev–Trinajstić information content (AvgIpc) is 1.87. The lowest BCUT2D eigenvalue weighted by atomic mass is 10.1. The monoisotopic (exact) mass is 143 g/mol. The van der Waals surface area contributed by atoms with E-state index in [0.29, 0.717) is 0 Å². The summed E-state index contributed by atoms with van der Waals surface area (Å²) in [5, 5.41) is 0. The molecule has 0 saturated heterocycles. The zero-order valence-electron chi connectivity index (χ0n) is 7.23. The Morgan fingerprint density at radius 1 is 1.30 bits per heavy atom. The molecule has 0 fully saturated rings. The van der Waals surface area contributed by atoms with Crippen LogP contribution in [0.3, 0.4) is 0 Å². The second kappa shape index (κ2) is 7.07. The molecule has 0 aromatic carbocycles. The van der Waals surface area contributed by atoms with Crippen molar-refractivity contribution in [1.82, 2.24) is 0 Å². The van der Waals surface area contributed by atoms with Crippen LogP contribution in [0.2, 0.25) is 0 Å². The molecule has 0 N–H and O–H groups in total. The van der Waals surface area contributed by atoms with Crippen LogP contribution in [0.1, 0.15) is 33.1 Å². The molecule has 1 heteroatoms. The van der Waals surface area contributed by atoms with Crippen LogP contribution in [0.5, 0.6) is 0 Å². The van der Waals surface area contributed by atoms with Gasteiger partial charge in [-0.3, -0.25) is 0 Å². The van der Waals surface area contributed by atoms with E-state index in [1.165, 1.54) is 6.42 Å². The molecule has 0 aliphatic carbocycles. The SMILES string of the molecule is [CH2]CCCOCCC(C)C. The predicted molar refractivity (Wildman–Crippen MR) is 44.9 cm³/mol. The molecule has 0 amide bonds. The number of rotatable bonds is 6. The van der Waals surface area contributed by atoms with Gasteiger partial charge in [-0.2, -0.15) is 0 Å². The molecule has 0 heterocycles. The van der Waals surface area contributed by atoms with Gasteiger partial charge in [0.2, 0.25) is 0 Å². The Morgan fingerprint density at radius 2 is 2.00 bits per heavy atom. The summed E-state index contributed by atoms with van der Waals surface area (Å²) in [6, 6.07) is 0. The van der Waals surface area contributed by atoms with Crippen LogP contribution >= 0.6 is 0 Å². The Bertz CT molecular complexity index is 59.7. The van der Waals surface area contributed by atoms with E-state index in [1.54, 1.807) is 0 Å². The zero-order chi connectivity index (χ0) is 7.82. The third kappa shape index (κ3) is 7.96. The molecule has 0 saturated carbocycles. The smallest absolute Gasteiger partial charge is 0.0468 e. The molecular weight excluding hydrogens is 124 g/mol. The maximum Gasteiger partial charge on any atom is 0.0468 e. The van der Waals surface area contributed by atoms with Gasteiger partial charge in [-0.05, 0) is 18.8 Å². The van der Waals surface area contributed by atoms with Gasteiger partial charge >= 0.3 is 0 Å². The lowest BCUT2D eigenvalue weighted by Crippen LogP contribution is -1.99. The minimum Gasteiger partial charge on any atom is -0.381 e. The Morgan fingerprint density at radius 3 is 2.50 bits per heavy atom. The summed E-state index contributed by atoms with van der Waals surface area (Å²) in [6.45, 7) is 9.96. The van der Waals surface area contributed by atoms with Gasteiger partial charge in [-0.25, -0.2) is 0 Å². The molecule has 0 aromatic heterocycles. The zero-order valence-corrected chi connectivity index (χ0v) is 7.23. The highest BCUT2D eigenvalue weighted by Gasteiger charge is 1.92. The molecule has 0 atom stereocenters. The maximum atomic E-state index is 5.34. The highest BCUT2D eigenvalue weighted by molar-refractivity contribution is 4.43. The van der Waals surface area contributed by atoms with Crippen molar-refractivity contribution in [3.8, 4) is 0 Å². The number of hydrogen-bond acceptors (Lipinski definition) is 1. The molecule has 0 unspecified atom stereocenters. The highest BCUT2D eigenvalue weighted by Crippen LogP contribution is 1.99. The van der Waals surface area contributed by atoms with Crippen molar-refractivity contribution in [1.29, 1.82) is 0 Å². The fraction of sp³-hybridized carbons (Fsp3) is 0.889. The third-order valence-electron chi connectivity index (χ3n) is 1.38. The largest absolute Gasteiger partial charge is 0.381 e. The molecule has 1 nitrogen and oxygen atoms in total. The molecular formula is C9H19O. The van der Waals surface area contributed by atoms with E-state index >= 15 is 0 Å². The molecule has 0 aromatic rings. The van der Waals surface area contributed by atoms with Gasteiger partial charge in [0.15, 0.2) is 0 Å². The number of ether oxygens (including phenoxy) is 1. The highest BCUT2D eigenvalue weighted by atomic mass is 16.5. The summed E-state index contributed by atoms with van der Waals surface area (Å²) in [6.07, 6.45) is 3.26. The fourth-order valence-corrected chi connectivity index (χ4v) is 0.625. The standard InChI is InChI=1S/C9H19O/c1-4-5-7-10-8-6-9(2)3/h9H,1,4-8H2,2-3H3. The van der Waals surface area contributed by atoms with Gasteiger partial charge in [0.05, 0.1) is 0 Å². The molecule has 0 aliphatic heterocycles. The summed E-state index contributed by atoms with van der Waals surface area (Å²) in [4.78, 5) is 0. The topological polar surface area (TPSA) is 9.23 Å². The van der Waals surface area contributed by atoms with E-state index in [0.717, 1.165) is 32.0 Å². The first kappa shape index (κ1) is 9.96. The van der Waals surface area contributed by atoms with Crippen molar-refractivity contribution < 1.29 is 4.74 Å². The molecule has 0 aliphatic rings. The second-order valence-electron chi connectivity index (χ2n) is 3.00. The van der Waals surface area contributed by atoms with Crippen molar-refractivity contribution in [3.05, 3.63) is 6.92 Å². The molecule has 1 radical (unpaired) electrons. The lowest BCUT2D eigenvalue weighted by Gasteiger charge is -2.04. The molecule has 61 valence electrons. The molecule has 0 bridgehead atoms. The Balaban J connectivity index is 2.77. The minimum absolute atomic E-state index is 0.764. The van der Waals surface area contributed by atoms with Gasteiger partial charge in [0.1, 0.15) is 0 Å². The summed E-state index contributed by atoms with van der Waals surface area (Å²) >= 11 is 0. The summed E-state index contributed by atoms with van der Waals surface area (Å²) < 4.78 is 5.34. The van der Waals surface area contributed by atoms with Crippen LogP contribution in [0.15, 0.2) is 0 Å². The van der Waals surface area contributed by atoms with E-state index in [1.807, 2.05) is 0 Å². The van der Waals surface area contributed by atoms with E-state index in [2.05, 4.69) is 20.8 Å². The van der Waals surface area contributed by atoms with Crippen molar-refractivity contribution >= 4 is 0 Å². The van der Waals surface area contributed by atoms with E-state index in [4.69, 9.17) is 4.74 Å². The Labute approximate surface area is 64.8 Å². The predicted octanol–water partition coefficient (Wildman–Crippen LogP) is 2.66. The second-order valence-corrected chi connectivity index (χ2v) is 3.00. The van der Waals surface area contributed by atoms with Crippen LogP contribution < -0.4 is 0 Å². The van der Waals surface area contributed by atoms with Gasteiger partial charge in [0, 0.05) is 13.2 Å². The van der Waals surface area contributed by atoms with Gasteiger partial charge in [0.25, 0.3) is 0 Å². The van der Waals surface area contributed by atoms with E-state index in [9.17, 15) is 0 Å². The average molecular weight is 143 g/mol. The Hall–Kier alpha value is -0.0400. The van der Waals surface area contributed by atoms with Crippen LogP contribution in [-0.2, 0) is 4.74 Å². The molecule has 10 heavy (non-hydrogen) atoms. The normalized spacial score (nSPS) is 10.8. The molecule has 0 spiro atoms. The van der Waals surface area contributed by atoms with Crippen LogP contribution in [0, 0.1) is 12.8 Å². The first-order valence-electron chi connectivity index (χ1n) is 4.14. The Kier molecular flexibility index (Phi) is 7.04. The molecule has 0 rings (SSSR count). The quantitative estimate of drug-likeness (QED) is 0.519. The van der Waals surface area contributed by atoms with Crippen LogP contribution in [0.25, 0.3) is 0 Å². The van der Waals surface area contributed by atoms with Crippen molar-refractivity contribution in [2.24, 2.45) is 5.92 Å². The lowest BCUT2D eigenvalue weighted by molar-refractivity contribution is 0.122. The van der Waals surface area contributed by atoms with Crippen LogP contribution in [0.4, 0.5) is 0 Å². The van der Waals surface area contributed by atoms with Crippen molar-refractivity contribution in [2.75, 3.05) is 13.2 Å². The van der Waals surface area contributed by atoms with Crippen molar-refractivity contribution in [2.45, 2.75) is 33.1 Å². The van der Waals surface area contributed by atoms with Crippen molar-refractivity contribution in [3.63, 3.8) is 0 Å². The van der Waals surface area contributed by atoms with Gasteiger partial charge < -0.3 is 4.74 Å².